The van der Waals surface area contributed by atoms with Gasteiger partial charge in [-0.05, 0) is 30.0 Å². The molecule has 1 aliphatic heterocycles. The number of fused-ring (bicyclic) bond motifs is 2. The highest BCUT2D eigenvalue weighted by molar-refractivity contribution is 6.38. The first-order valence-corrected chi connectivity index (χ1v) is 10.4. The minimum absolute atomic E-state index is 0.250. The highest BCUT2D eigenvalue weighted by Crippen LogP contribution is 2.45. The third kappa shape index (κ3) is 3.83. The lowest BCUT2D eigenvalue weighted by molar-refractivity contribution is -0.126. The van der Waals surface area contributed by atoms with Gasteiger partial charge in [-0.25, -0.2) is 0 Å². The van der Waals surface area contributed by atoms with Crippen LogP contribution in [0.3, 0.4) is 0 Å². The number of ether oxygens (including phenoxy) is 1. The second-order valence-corrected chi connectivity index (χ2v) is 7.91. The summed E-state index contributed by atoms with van der Waals surface area (Å²) in [6.07, 6.45) is 0.587. The predicted octanol–water partition coefficient (Wildman–Crippen LogP) is 5.14. The number of rotatable bonds is 6. The Kier molecular flexibility index (Phi) is 5.84. The van der Waals surface area contributed by atoms with Crippen LogP contribution in [-0.2, 0) is 9.59 Å². The lowest BCUT2D eigenvalue weighted by atomic mass is 10.1. The Balaban J connectivity index is 1.49. The van der Waals surface area contributed by atoms with E-state index in [1.54, 1.807) is 17.0 Å². The predicted molar refractivity (Wildman–Crippen MR) is 119 cm³/mol. The van der Waals surface area contributed by atoms with E-state index in [1.165, 1.54) is 6.92 Å². The van der Waals surface area contributed by atoms with E-state index < -0.39 is 6.04 Å². The fraction of sp³-hybridized carbons (Fsp3) is 0.217. The van der Waals surface area contributed by atoms with Gasteiger partial charge in [0, 0.05) is 29.4 Å². The first kappa shape index (κ1) is 20.5. The Morgan fingerprint density at radius 2 is 1.80 bits per heavy atom. The third-order valence-corrected chi connectivity index (χ3v) is 5.70. The molecule has 4 rings (SSSR count). The zero-order chi connectivity index (χ0) is 21.3. The van der Waals surface area contributed by atoms with Crippen molar-refractivity contribution < 1.29 is 14.3 Å². The summed E-state index contributed by atoms with van der Waals surface area (Å²) in [7, 11) is 0. The summed E-state index contributed by atoms with van der Waals surface area (Å²) in [6, 6.07) is 16.4. The zero-order valence-electron chi connectivity index (χ0n) is 16.3. The van der Waals surface area contributed by atoms with E-state index >= 15 is 0 Å². The molecule has 5 nitrogen and oxygen atoms in total. The van der Waals surface area contributed by atoms with Gasteiger partial charge in [-0.3, -0.25) is 9.59 Å². The number of carbonyl (C=O) groups is 2. The second kappa shape index (κ2) is 8.54. The van der Waals surface area contributed by atoms with E-state index in [2.05, 4.69) is 5.32 Å². The molecule has 30 heavy (non-hydrogen) atoms. The molecular formula is C23H20Cl2N2O3. The highest BCUT2D eigenvalue weighted by atomic mass is 35.5. The lowest BCUT2D eigenvalue weighted by Gasteiger charge is -2.19. The molecule has 3 aromatic rings. The summed E-state index contributed by atoms with van der Waals surface area (Å²) in [5.41, 5.74) is 1.09. The fourth-order valence-corrected chi connectivity index (χ4v) is 4.31. The van der Waals surface area contributed by atoms with Gasteiger partial charge in [-0.1, -0.05) is 59.6 Å². The van der Waals surface area contributed by atoms with Crippen molar-refractivity contribution in [1.29, 1.82) is 0 Å². The van der Waals surface area contributed by atoms with Crippen LogP contribution in [0.5, 0.6) is 5.75 Å². The fourth-order valence-electron chi connectivity index (χ4n) is 3.78. The van der Waals surface area contributed by atoms with Gasteiger partial charge in [-0.15, -0.1) is 0 Å². The number of carbonyl (C=O) groups excluding carboxylic acids is 2. The van der Waals surface area contributed by atoms with Crippen molar-refractivity contribution in [1.82, 2.24) is 5.32 Å². The molecule has 0 saturated heterocycles. The van der Waals surface area contributed by atoms with Gasteiger partial charge in [0.05, 0.1) is 17.3 Å². The van der Waals surface area contributed by atoms with E-state index in [-0.39, 0.29) is 11.8 Å². The van der Waals surface area contributed by atoms with E-state index in [1.807, 2.05) is 42.5 Å². The van der Waals surface area contributed by atoms with Crippen molar-refractivity contribution in [3.05, 3.63) is 70.2 Å². The highest BCUT2D eigenvalue weighted by Gasteiger charge is 2.40. The molecule has 3 aromatic carbocycles. The van der Waals surface area contributed by atoms with E-state index in [4.69, 9.17) is 27.9 Å². The molecule has 1 atom stereocenters. The van der Waals surface area contributed by atoms with Crippen LogP contribution in [0, 0.1) is 0 Å². The van der Waals surface area contributed by atoms with Crippen LogP contribution in [0.1, 0.15) is 24.9 Å². The molecule has 0 aliphatic carbocycles. The molecule has 2 amide bonds. The molecule has 0 spiro atoms. The molecule has 0 fully saturated rings. The van der Waals surface area contributed by atoms with Crippen LogP contribution in [0.4, 0.5) is 5.69 Å². The number of anilines is 1. The van der Waals surface area contributed by atoms with Gasteiger partial charge in [0.2, 0.25) is 5.91 Å². The standard InChI is InChI=1S/C23H20Cl2N2O3/c1-14(28)26-21-20-17(24)10-11-18(25)22(20)27(23(21)29)12-5-13-30-19-9-4-7-15-6-2-3-8-16(15)19/h2-4,6-11,21H,5,12-13H2,1H3,(H,26,28). The van der Waals surface area contributed by atoms with Gasteiger partial charge in [0.25, 0.3) is 5.91 Å². The molecular weight excluding hydrogens is 423 g/mol. The average molecular weight is 443 g/mol. The summed E-state index contributed by atoms with van der Waals surface area (Å²) >= 11 is 12.7. The van der Waals surface area contributed by atoms with Crippen molar-refractivity contribution in [3.63, 3.8) is 0 Å². The summed E-state index contributed by atoms with van der Waals surface area (Å²) < 4.78 is 5.98. The molecule has 0 radical (unpaired) electrons. The van der Waals surface area contributed by atoms with Crippen molar-refractivity contribution in [2.24, 2.45) is 0 Å². The first-order chi connectivity index (χ1) is 14.5. The molecule has 154 valence electrons. The molecule has 7 heteroatoms. The topological polar surface area (TPSA) is 58.6 Å². The minimum atomic E-state index is -0.831. The number of nitrogens with one attached hydrogen (secondary N) is 1. The molecule has 1 heterocycles. The van der Waals surface area contributed by atoms with Crippen molar-refractivity contribution in [2.45, 2.75) is 19.4 Å². The monoisotopic (exact) mass is 442 g/mol. The van der Waals surface area contributed by atoms with Gasteiger partial charge in [0.1, 0.15) is 11.8 Å². The maximum atomic E-state index is 13.0. The van der Waals surface area contributed by atoms with Gasteiger partial charge in [0.15, 0.2) is 0 Å². The van der Waals surface area contributed by atoms with Gasteiger partial charge >= 0.3 is 0 Å². The minimum Gasteiger partial charge on any atom is -0.493 e. The smallest absolute Gasteiger partial charge is 0.254 e. The maximum Gasteiger partial charge on any atom is 0.254 e. The van der Waals surface area contributed by atoms with Crippen molar-refractivity contribution >= 4 is 51.5 Å². The quantitative estimate of drug-likeness (QED) is 0.537. The van der Waals surface area contributed by atoms with Crippen LogP contribution < -0.4 is 15.0 Å². The largest absolute Gasteiger partial charge is 0.493 e. The SMILES string of the molecule is CC(=O)NC1C(=O)N(CCCOc2cccc3ccccc23)c2c(Cl)ccc(Cl)c21. The summed E-state index contributed by atoms with van der Waals surface area (Å²) in [5, 5.41) is 5.65. The number of hydrogen-bond acceptors (Lipinski definition) is 3. The van der Waals surface area contributed by atoms with Crippen LogP contribution >= 0.6 is 23.2 Å². The molecule has 0 bridgehead atoms. The van der Waals surface area contributed by atoms with Gasteiger partial charge < -0.3 is 15.0 Å². The van der Waals surface area contributed by atoms with Crippen molar-refractivity contribution in [2.75, 3.05) is 18.1 Å². The Morgan fingerprint density at radius 1 is 1.07 bits per heavy atom. The number of halogens is 2. The molecule has 0 aromatic heterocycles. The zero-order valence-corrected chi connectivity index (χ0v) is 17.8. The molecule has 1 unspecified atom stereocenters. The number of hydrogen-bond donors (Lipinski definition) is 1. The Hall–Kier alpha value is -2.76. The number of nitrogens with zero attached hydrogens (tertiary/aromatic N) is 1. The maximum absolute atomic E-state index is 13.0. The summed E-state index contributed by atoms with van der Waals surface area (Å²) in [6.45, 7) is 2.19. The van der Waals surface area contributed by atoms with Crippen LogP contribution in [-0.4, -0.2) is 25.0 Å². The van der Waals surface area contributed by atoms with Crippen LogP contribution in [0.15, 0.2) is 54.6 Å². The van der Waals surface area contributed by atoms with E-state index in [0.717, 1.165) is 16.5 Å². The second-order valence-electron chi connectivity index (χ2n) is 7.09. The van der Waals surface area contributed by atoms with Gasteiger partial charge in [-0.2, -0.15) is 0 Å². The van der Waals surface area contributed by atoms with Crippen LogP contribution in [0.2, 0.25) is 10.0 Å². The Morgan fingerprint density at radius 3 is 2.60 bits per heavy atom. The third-order valence-electron chi connectivity index (χ3n) is 5.07. The van der Waals surface area contributed by atoms with Crippen molar-refractivity contribution in [3.8, 4) is 5.75 Å². The Bertz CT molecular complexity index is 1130. The van der Waals surface area contributed by atoms with E-state index in [0.29, 0.717) is 40.9 Å². The number of amides is 2. The first-order valence-electron chi connectivity index (χ1n) is 9.64. The summed E-state index contributed by atoms with van der Waals surface area (Å²) in [5.74, 6) is 0.246. The average Bonchev–Trinajstić information content (AvgIpc) is 3.00. The van der Waals surface area contributed by atoms with Crippen LogP contribution in [0.25, 0.3) is 10.8 Å². The Labute approximate surface area is 184 Å². The number of benzene rings is 3. The lowest BCUT2D eigenvalue weighted by Crippen LogP contribution is -2.37. The molecule has 0 saturated carbocycles. The van der Waals surface area contributed by atoms with E-state index in [9.17, 15) is 9.59 Å². The normalized spacial score (nSPS) is 15.4. The molecule has 1 N–H and O–H groups in total. The summed E-state index contributed by atoms with van der Waals surface area (Å²) in [4.78, 5) is 26.2. The molecule has 1 aliphatic rings.